The second kappa shape index (κ2) is 8.83. The number of carbonyl (C=O) groups excluding carboxylic acids is 1. The van der Waals surface area contributed by atoms with E-state index in [4.69, 9.17) is 0 Å². The number of rotatable bonds is 4. The minimum absolute atomic E-state index is 0. The summed E-state index contributed by atoms with van der Waals surface area (Å²) < 4.78 is 26.7. The summed E-state index contributed by atoms with van der Waals surface area (Å²) in [5.41, 5.74) is 1.61. The van der Waals surface area contributed by atoms with Crippen molar-refractivity contribution < 1.29 is 13.2 Å². The molecule has 156 valence electrons. The van der Waals surface area contributed by atoms with Gasteiger partial charge in [0.05, 0.1) is 11.4 Å². The standard InChI is InChI=1S/C21H25N3O3S.ClH/c1-16-14-23(12-11-22-16)15-20(25)24-19-10-6-5-7-17(19)13-21(24)28(26,27)18-8-3-2-4-9-18;/h2-10,16,21-22H,11-15H2,1H3;1H. The van der Waals surface area contributed by atoms with Crippen LogP contribution in [0.5, 0.6) is 0 Å². The van der Waals surface area contributed by atoms with Crippen LogP contribution in [0.3, 0.4) is 0 Å². The van der Waals surface area contributed by atoms with E-state index in [0.717, 1.165) is 25.2 Å². The number of piperazine rings is 1. The molecule has 29 heavy (non-hydrogen) atoms. The summed E-state index contributed by atoms with van der Waals surface area (Å²) in [7, 11) is -3.68. The molecule has 1 amide bonds. The van der Waals surface area contributed by atoms with E-state index >= 15 is 0 Å². The molecule has 4 rings (SSSR count). The van der Waals surface area contributed by atoms with Crippen LogP contribution in [0.2, 0.25) is 0 Å². The van der Waals surface area contributed by atoms with Crippen molar-refractivity contribution >= 4 is 33.8 Å². The largest absolute Gasteiger partial charge is 0.312 e. The molecule has 0 spiro atoms. The fraction of sp³-hybridized carbons (Fsp3) is 0.381. The number of hydrogen-bond acceptors (Lipinski definition) is 5. The normalized spacial score (nSPS) is 22.0. The van der Waals surface area contributed by atoms with E-state index in [2.05, 4.69) is 17.1 Å². The van der Waals surface area contributed by atoms with Gasteiger partial charge in [0.15, 0.2) is 9.84 Å². The molecule has 2 unspecified atom stereocenters. The predicted molar refractivity (Wildman–Crippen MR) is 116 cm³/mol. The number of benzene rings is 2. The fourth-order valence-electron chi connectivity index (χ4n) is 4.09. The van der Waals surface area contributed by atoms with E-state index in [1.54, 1.807) is 30.3 Å². The van der Waals surface area contributed by atoms with Gasteiger partial charge in [0, 0.05) is 37.8 Å². The highest BCUT2D eigenvalue weighted by molar-refractivity contribution is 7.92. The zero-order valence-corrected chi connectivity index (χ0v) is 18.0. The Morgan fingerprint density at radius 3 is 2.52 bits per heavy atom. The van der Waals surface area contributed by atoms with Crippen LogP contribution in [0.15, 0.2) is 59.5 Å². The number of halogens is 1. The summed E-state index contributed by atoms with van der Waals surface area (Å²) in [4.78, 5) is 17.1. The highest BCUT2D eigenvalue weighted by Crippen LogP contribution is 2.36. The number of nitrogens with zero attached hydrogens (tertiary/aromatic N) is 2. The van der Waals surface area contributed by atoms with Crippen LogP contribution < -0.4 is 10.2 Å². The van der Waals surface area contributed by atoms with Gasteiger partial charge in [-0.1, -0.05) is 36.4 Å². The Bertz CT molecular complexity index is 968. The third-order valence-electron chi connectivity index (χ3n) is 5.44. The summed E-state index contributed by atoms with van der Waals surface area (Å²) in [6.07, 6.45) is 0.317. The van der Waals surface area contributed by atoms with Crippen molar-refractivity contribution in [2.75, 3.05) is 31.1 Å². The number of amides is 1. The Balaban J connectivity index is 0.00000240. The average molecular weight is 436 g/mol. The van der Waals surface area contributed by atoms with Crippen LogP contribution in [-0.2, 0) is 21.1 Å². The van der Waals surface area contributed by atoms with Crippen LogP contribution >= 0.6 is 12.4 Å². The molecule has 2 aromatic rings. The van der Waals surface area contributed by atoms with E-state index < -0.39 is 15.2 Å². The van der Waals surface area contributed by atoms with Crippen LogP contribution in [0, 0.1) is 0 Å². The van der Waals surface area contributed by atoms with E-state index in [-0.39, 0.29) is 29.8 Å². The maximum atomic E-state index is 13.3. The third-order valence-corrected chi connectivity index (χ3v) is 7.47. The first-order valence-electron chi connectivity index (χ1n) is 9.61. The van der Waals surface area contributed by atoms with Gasteiger partial charge in [-0.15, -0.1) is 12.4 Å². The summed E-state index contributed by atoms with van der Waals surface area (Å²) in [6.45, 7) is 4.70. The third kappa shape index (κ3) is 4.33. The topological polar surface area (TPSA) is 69.7 Å². The Kier molecular flexibility index (Phi) is 6.63. The number of sulfone groups is 1. The zero-order valence-electron chi connectivity index (χ0n) is 16.3. The molecule has 8 heteroatoms. The Labute approximate surface area is 178 Å². The molecule has 1 N–H and O–H groups in total. The Morgan fingerprint density at radius 1 is 1.10 bits per heavy atom. The molecule has 1 fully saturated rings. The lowest BCUT2D eigenvalue weighted by atomic mass is 10.2. The lowest BCUT2D eigenvalue weighted by Crippen LogP contribution is -2.53. The molecule has 2 aliphatic heterocycles. The quantitative estimate of drug-likeness (QED) is 0.796. The van der Waals surface area contributed by atoms with Crippen molar-refractivity contribution in [2.24, 2.45) is 0 Å². The van der Waals surface area contributed by atoms with Gasteiger partial charge >= 0.3 is 0 Å². The van der Waals surface area contributed by atoms with E-state index in [1.807, 2.05) is 24.3 Å². The van der Waals surface area contributed by atoms with E-state index in [1.165, 1.54) is 4.90 Å². The first-order valence-corrected chi connectivity index (χ1v) is 11.2. The number of hydrogen-bond donors (Lipinski definition) is 1. The number of fused-ring (bicyclic) bond motifs is 1. The summed E-state index contributed by atoms with van der Waals surface area (Å²) in [5, 5.41) is 2.46. The molecule has 2 heterocycles. The molecule has 2 aliphatic rings. The predicted octanol–water partition coefficient (Wildman–Crippen LogP) is 2.09. The van der Waals surface area contributed by atoms with E-state index in [9.17, 15) is 13.2 Å². The van der Waals surface area contributed by atoms with Gasteiger partial charge in [0.1, 0.15) is 5.37 Å². The van der Waals surface area contributed by atoms with Crippen molar-refractivity contribution in [2.45, 2.75) is 29.7 Å². The van der Waals surface area contributed by atoms with Crippen LogP contribution in [0.1, 0.15) is 12.5 Å². The molecular formula is C21H26ClN3O3S. The lowest BCUT2D eigenvalue weighted by Gasteiger charge is -2.33. The van der Waals surface area contributed by atoms with Crippen molar-refractivity contribution in [3.8, 4) is 0 Å². The van der Waals surface area contributed by atoms with E-state index in [0.29, 0.717) is 18.2 Å². The molecule has 0 bridgehead atoms. The average Bonchev–Trinajstić information content (AvgIpc) is 3.09. The molecule has 0 radical (unpaired) electrons. The fourth-order valence-corrected chi connectivity index (χ4v) is 5.85. The number of anilines is 1. The van der Waals surface area contributed by atoms with Gasteiger partial charge in [-0.05, 0) is 30.7 Å². The second-order valence-electron chi connectivity index (χ2n) is 7.50. The summed E-state index contributed by atoms with van der Waals surface area (Å²) in [6, 6.07) is 16.2. The van der Waals surface area contributed by atoms with Gasteiger partial charge in [-0.25, -0.2) is 8.42 Å². The summed E-state index contributed by atoms with van der Waals surface area (Å²) >= 11 is 0. The van der Waals surface area contributed by atoms with Gasteiger partial charge < -0.3 is 5.32 Å². The molecule has 0 saturated carbocycles. The molecule has 6 nitrogen and oxygen atoms in total. The molecule has 2 atom stereocenters. The maximum absolute atomic E-state index is 13.3. The van der Waals surface area contributed by atoms with Crippen LogP contribution in [0.25, 0.3) is 0 Å². The van der Waals surface area contributed by atoms with Gasteiger partial charge in [0.2, 0.25) is 5.91 Å². The highest BCUT2D eigenvalue weighted by Gasteiger charge is 2.42. The minimum atomic E-state index is -3.68. The number of carbonyl (C=O) groups is 1. The lowest BCUT2D eigenvalue weighted by molar-refractivity contribution is -0.120. The van der Waals surface area contributed by atoms with Gasteiger partial charge in [-0.2, -0.15) is 0 Å². The molecule has 2 aromatic carbocycles. The van der Waals surface area contributed by atoms with Crippen molar-refractivity contribution in [1.82, 2.24) is 10.2 Å². The maximum Gasteiger partial charge on any atom is 0.242 e. The highest BCUT2D eigenvalue weighted by atomic mass is 35.5. The second-order valence-corrected chi connectivity index (χ2v) is 9.61. The first kappa shape index (κ1) is 21.8. The SMILES string of the molecule is CC1CN(CC(=O)N2c3ccccc3CC2S(=O)(=O)c2ccccc2)CCN1.Cl. The van der Waals surface area contributed by atoms with Gasteiger partial charge in [0.25, 0.3) is 0 Å². The zero-order chi connectivity index (χ0) is 19.7. The Hall–Kier alpha value is -1.93. The minimum Gasteiger partial charge on any atom is -0.312 e. The van der Waals surface area contributed by atoms with Crippen molar-refractivity contribution in [3.05, 3.63) is 60.2 Å². The summed E-state index contributed by atoms with van der Waals surface area (Å²) in [5.74, 6) is -0.163. The van der Waals surface area contributed by atoms with Crippen LogP contribution in [-0.4, -0.2) is 56.8 Å². The Morgan fingerprint density at radius 2 is 1.79 bits per heavy atom. The molecule has 0 aromatic heterocycles. The van der Waals surface area contributed by atoms with Crippen LogP contribution in [0.4, 0.5) is 5.69 Å². The molecule has 1 saturated heterocycles. The monoisotopic (exact) mass is 435 g/mol. The molecule has 0 aliphatic carbocycles. The first-order chi connectivity index (χ1) is 13.5. The smallest absolute Gasteiger partial charge is 0.242 e. The van der Waals surface area contributed by atoms with Gasteiger partial charge in [-0.3, -0.25) is 14.6 Å². The number of nitrogens with one attached hydrogen (secondary N) is 1. The van der Waals surface area contributed by atoms with Crippen molar-refractivity contribution in [3.63, 3.8) is 0 Å². The number of para-hydroxylation sites is 1. The van der Waals surface area contributed by atoms with Crippen molar-refractivity contribution in [1.29, 1.82) is 0 Å². The molecular weight excluding hydrogens is 410 g/mol.